The Bertz CT molecular complexity index is 714. The van der Waals surface area contributed by atoms with Crippen molar-refractivity contribution >= 4 is 17.2 Å². The maximum absolute atomic E-state index is 12.6. The van der Waals surface area contributed by atoms with Crippen molar-refractivity contribution in [1.82, 2.24) is 9.88 Å². The highest BCUT2D eigenvalue weighted by Crippen LogP contribution is 2.27. The molecule has 5 nitrogen and oxygen atoms in total. The van der Waals surface area contributed by atoms with Crippen LogP contribution in [-0.2, 0) is 11.2 Å². The minimum absolute atomic E-state index is 0.145. The van der Waals surface area contributed by atoms with Gasteiger partial charge in [0, 0.05) is 23.5 Å². The van der Waals surface area contributed by atoms with Gasteiger partial charge in [-0.15, -0.1) is 11.3 Å². The molecule has 0 spiro atoms. The lowest BCUT2D eigenvalue weighted by Crippen LogP contribution is -2.35. The van der Waals surface area contributed by atoms with Gasteiger partial charge in [-0.1, -0.05) is 0 Å². The first-order chi connectivity index (χ1) is 12.1. The highest BCUT2D eigenvalue weighted by atomic mass is 32.1. The first-order valence-corrected chi connectivity index (χ1v) is 9.65. The Balaban J connectivity index is 1.64. The predicted molar refractivity (Wildman–Crippen MR) is 101 cm³/mol. The first kappa shape index (κ1) is 17.9. The van der Waals surface area contributed by atoms with Crippen molar-refractivity contribution in [2.75, 3.05) is 19.7 Å². The smallest absolute Gasteiger partial charge is 0.228 e. The molecule has 6 heteroatoms. The number of hydrogen-bond donors (Lipinski definition) is 1. The van der Waals surface area contributed by atoms with Crippen LogP contribution < -0.4 is 10.5 Å². The van der Waals surface area contributed by atoms with Crippen molar-refractivity contribution in [3.8, 4) is 16.3 Å². The van der Waals surface area contributed by atoms with Crippen molar-refractivity contribution in [2.24, 2.45) is 11.7 Å². The van der Waals surface area contributed by atoms with Crippen LogP contribution in [0.4, 0.5) is 0 Å². The zero-order valence-corrected chi connectivity index (χ0v) is 15.6. The van der Waals surface area contributed by atoms with E-state index in [1.807, 2.05) is 41.5 Å². The van der Waals surface area contributed by atoms with Gasteiger partial charge >= 0.3 is 0 Å². The maximum Gasteiger partial charge on any atom is 0.228 e. The maximum atomic E-state index is 12.6. The summed E-state index contributed by atoms with van der Waals surface area (Å²) in [5.74, 6) is 1.43. The minimum Gasteiger partial charge on any atom is -0.494 e. The van der Waals surface area contributed by atoms with Crippen LogP contribution in [0.25, 0.3) is 10.6 Å². The lowest BCUT2D eigenvalue weighted by molar-refractivity contribution is -0.131. The second-order valence-corrected chi connectivity index (χ2v) is 7.37. The van der Waals surface area contributed by atoms with Crippen LogP contribution in [-0.4, -0.2) is 41.5 Å². The quantitative estimate of drug-likeness (QED) is 0.861. The molecule has 2 N–H and O–H groups in total. The summed E-state index contributed by atoms with van der Waals surface area (Å²) in [6.07, 6.45) is 1.35. The van der Waals surface area contributed by atoms with Crippen LogP contribution in [0.2, 0.25) is 0 Å². The van der Waals surface area contributed by atoms with E-state index >= 15 is 0 Å². The summed E-state index contributed by atoms with van der Waals surface area (Å²) in [5, 5.41) is 2.91. The van der Waals surface area contributed by atoms with Crippen LogP contribution in [0.3, 0.4) is 0 Å². The van der Waals surface area contributed by atoms with Crippen LogP contribution in [0, 0.1) is 5.92 Å². The molecule has 2 aromatic rings. The SMILES string of the molecule is CCOc1ccc(-c2nc(CC(=O)N3CC(CN)CC3C)cs2)cc1. The number of rotatable bonds is 6. The number of aromatic nitrogens is 1. The third-order valence-electron chi connectivity index (χ3n) is 4.61. The molecule has 0 radical (unpaired) electrons. The topological polar surface area (TPSA) is 68.5 Å². The molecule has 1 aromatic heterocycles. The van der Waals surface area contributed by atoms with E-state index in [-0.39, 0.29) is 11.9 Å². The zero-order chi connectivity index (χ0) is 17.8. The van der Waals surface area contributed by atoms with Crippen LogP contribution in [0.1, 0.15) is 26.0 Å². The van der Waals surface area contributed by atoms with Crippen molar-refractivity contribution in [1.29, 1.82) is 0 Å². The zero-order valence-electron chi connectivity index (χ0n) is 14.8. The Labute approximate surface area is 152 Å². The van der Waals surface area contributed by atoms with E-state index in [0.29, 0.717) is 25.5 Å². The summed E-state index contributed by atoms with van der Waals surface area (Å²) in [5.41, 5.74) is 7.63. The molecule has 2 heterocycles. The normalized spacial score (nSPS) is 20.0. The van der Waals surface area contributed by atoms with E-state index in [2.05, 4.69) is 11.9 Å². The van der Waals surface area contributed by atoms with E-state index < -0.39 is 0 Å². The largest absolute Gasteiger partial charge is 0.494 e. The number of hydrogen-bond acceptors (Lipinski definition) is 5. The highest BCUT2D eigenvalue weighted by molar-refractivity contribution is 7.13. The van der Waals surface area contributed by atoms with E-state index in [0.717, 1.165) is 35.0 Å². The van der Waals surface area contributed by atoms with E-state index in [9.17, 15) is 4.79 Å². The monoisotopic (exact) mass is 359 g/mol. The van der Waals surface area contributed by atoms with Gasteiger partial charge in [0.15, 0.2) is 0 Å². The van der Waals surface area contributed by atoms with E-state index in [4.69, 9.17) is 10.5 Å². The van der Waals surface area contributed by atoms with Crippen molar-refractivity contribution in [3.05, 3.63) is 35.3 Å². The lowest BCUT2D eigenvalue weighted by atomic mass is 10.1. The van der Waals surface area contributed by atoms with Crippen LogP contribution >= 0.6 is 11.3 Å². The highest BCUT2D eigenvalue weighted by Gasteiger charge is 2.31. The molecule has 134 valence electrons. The molecular formula is C19H25N3O2S. The molecule has 0 bridgehead atoms. The fourth-order valence-corrected chi connectivity index (χ4v) is 4.12. The Morgan fingerprint density at radius 2 is 2.16 bits per heavy atom. The molecule has 1 saturated heterocycles. The number of nitrogens with zero attached hydrogens (tertiary/aromatic N) is 2. The van der Waals surface area contributed by atoms with Crippen molar-refractivity contribution in [2.45, 2.75) is 32.7 Å². The third-order valence-corrected chi connectivity index (χ3v) is 5.55. The van der Waals surface area contributed by atoms with Gasteiger partial charge < -0.3 is 15.4 Å². The molecule has 3 rings (SSSR count). The van der Waals surface area contributed by atoms with E-state index in [1.165, 1.54) is 0 Å². The minimum atomic E-state index is 0.145. The number of carbonyl (C=O) groups excluding carboxylic acids is 1. The number of amides is 1. The summed E-state index contributed by atoms with van der Waals surface area (Å²) >= 11 is 1.57. The van der Waals surface area contributed by atoms with Gasteiger partial charge in [0.1, 0.15) is 10.8 Å². The van der Waals surface area contributed by atoms with E-state index in [1.54, 1.807) is 11.3 Å². The van der Waals surface area contributed by atoms with Gasteiger partial charge in [-0.3, -0.25) is 4.79 Å². The van der Waals surface area contributed by atoms with Crippen LogP contribution in [0.5, 0.6) is 5.75 Å². The molecular weight excluding hydrogens is 334 g/mol. The van der Waals surface area contributed by atoms with Crippen molar-refractivity contribution in [3.63, 3.8) is 0 Å². The van der Waals surface area contributed by atoms with Gasteiger partial charge in [0.25, 0.3) is 0 Å². The first-order valence-electron chi connectivity index (χ1n) is 8.77. The summed E-state index contributed by atoms with van der Waals surface area (Å²) in [6.45, 7) is 6.14. The summed E-state index contributed by atoms with van der Waals surface area (Å²) in [6, 6.07) is 8.17. The summed E-state index contributed by atoms with van der Waals surface area (Å²) in [7, 11) is 0. The van der Waals surface area contributed by atoms with Gasteiger partial charge in [-0.25, -0.2) is 4.98 Å². The van der Waals surface area contributed by atoms with Gasteiger partial charge in [-0.05, 0) is 57.0 Å². The molecule has 1 amide bonds. The number of nitrogens with two attached hydrogens (primary N) is 1. The standard InChI is InChI=1S/C19H25N3O2S/c1-3-24-17-6-4-15(5-7-17)19-21-16(12-25-19)9-18(23)22-11-14(10-20)8-13(22)2/h4-7,12-14H,3,8-11,20H2,1-2H3. The molecule has 2 unspecified atom stereocenters. The Morgan fingerprint density at radius 3 is 2.80 bits per heavy atom. The van der Waals surface area contributed by atoms with Crippen LogP contribution in [0.15, 0.2) is 29.6 Å². The Hall–Kier alpha value is -1.92. The average molecular weight is 359 g/mol. The molecule has 0 aliphatic carbocycles. The summed E-state index contributed by atoms with van der Waals surface area (Å²) < 4.78 is 5.46. The lowest BCUT2D eigenvalue weighted by Gasteiger charge is -2.21. The Kier molecular flexibility index (Phi) is 5.71. The number of carbonyl (C=O) groups is 1. The predicted octanol–water partition coefficient (Wildman–Crippen LogP) is 2.95. The average Bonchev–Trinajstić information content (AvgIpc) is 3.22. The molecule has 25 heavy (non-hydrogen) atoms. The second-order valence-electron chi connectivity index (χ2n) is 6.51. The van der Waals surface area contributed by atoms with Crippen molar-refractivity contribution < 1.29 is 9.53 Å². The molecule has 2 atom stereocenters. The fourth-order valence-electron chi connectivity index (χ4n) is 3.30. The van der Waals surface area contributed by atoms with Gasteiger partial charge in [-0.2, -0.15) is 0 Å². The molecule has 1 fully saturated rings. The molecule has 0 saturated carbocycles. The number of thiazole rings is 1. The summed E-state index contributed by atoms with van der Waals surface area (Å²) in [4.78, 5) is 19.2. The fraction of sp³-hybridized carbons (Fsp3) is 0.474. The van der Waals surface area contributed by atoms with Gasteiger partial charge in [0.05, 0.1) is 18.7 Å². The Morgan fingerprint density at radius 1 is 1.40 bits per heavy atom. The molecule has 1 aliphatic rings. The second kappa shape index (κ2) is 7.97. The number of ether oxygens (including phenoxy) is 1. The van der Waals surface area contributed by atoms with Gasteiger partial charge in [0.2, 0.25) is 5.91 Å². The molecule has 1 aliphatic heterocycles. The third kappa shape index (κ3) is 4.19. The molecule has 1 aromatic carbocycles. The number of likely N-dealkylation sites (tertiary alicyclic amines) is 1. The number of benzene rings is 1.